The van der Waals surface area contributed by atoms with E-state index in [1.165, 1.54) is 16.7 Å². The fourth-order valence-electron chi connectivity index (χ4n) is 2.43. The molecule has 0 aliphatic carbocycles. The fraction of sp³-hybridized carbons (Fsp3) is 0.667. The SMILES string of the molecule is CC1CN(S(=O)(=O)c2cnn(CC(=O)O)c2)CC(C)(C)O1. The van der Waals surface area contributed by atoms with E-state index in [-0.39, 0.29) is 30.6 Å². The first-order valence-electron chi connectivity index (χ1n) is 6.52. The van der Waals surface area contributed by atoms with Crippen LogP contribution in [0.5, 0.6) is 0 Å². The number of hydrogen-bond donors (Lipinski definition) is 1. The molecule has 118 valence electrons. The molecule has 0 radical (unpaired) electrons. The second-order valence-corrected chi connectivity index (χ2v) is 7.69. The lowest BCUT2D eigenvalue weighted by molar-refractivity contribution is -0.137. The van der Waals surface area contributed by atoms with Crippen molar-refractivity contribution < 1.29 is 23.1 Å². The molecular formula is C12H19N3O5S. The maximum Gasteiger partial charge on any atom is 0.325 e. The highest BCUT2D eigenvalue weighted by molar-refractivity contribution is 7.89. The minimum atomic E-state index is -3.70. The van der Waals surface area contributed by atoms with E-state index >= 15 is 0 Å². The molecule has 9 heteroatoms. The van der Waals surface area contributed by atoms with Crippen LogP contribution >= 0.6 is 0 Å². The second-order valence-electron chi connectivity index (χ2n) is 5.75. The largest absolute Gasteiger partial charge is 0.480 e. The van der Waals surface area contributed by atoms with Gasteiger partial charge in [-0.2, -0.15) is 9.40 Å². The van der Waals surface area contributed by atoms with Crippen LogP contribution in [0.4, 0.5) is 0 Å². The van der Waals surface area contributed by atoms with Crippen LogP contribution < -0.4 is 0 Å². The Morgan fingerprint density at radius 3 is 2.81 bits per heavy atom. The Hall–Kier alpha value is -1.45. The summed E-state index contributed by atoms with van der Waals surface area (Å²) >= 11 is 0. The molecule has 1 atom stereocenters. The Morgan fingerprint density at radius 1 is 1.57 bits per heavy atom. The van der Waals surface area contributed by atoms with Gasteiger partial charge in [-0.05, 0) is 20.8 Å². The van der Waals surface area contributed by atoms with Crippen molar-refractivity contribution in [2.45, 2.75) is 43.9 Å². The van der Waals surface area contributed by atoms with Crippen LogP contribution in [0.2, 0.25) is 0 Å². The van der Waals surface area contributed by atoms with Crippen molar-refractivity contribution in [1.82, 2.24) is 14.1 Å². The van der Waals surface area contributed by atoms with Crippen LogP contribution in [0.15, 0.2) is 17.3 Å². The summed E-state index contributed by atoms with van der Waals surface area (Å²) < 4.78 is 33.3. The third-order valence-electron chi connectivity index (χ3n) is 3.08. The monoisotopic (exact) mass is 317 g/mol. The molecule has 0 bridgehead atoms. The number of aliphatic carboxylic acids is 1. The van der Waals surface area contributed by atoms with Crippen molar-refractivity contribution in [3.8, 4) is 0 Å². The standard InChI is InChI=1S/C12H19N3O5S/c1-9-5-15(8-12(2,3)20-9)21(18,19)10-4-13-14(6-10)7-11(16)17/h4,6,9H,5,7-8H2,1-3H3,(H,16,17). The molecule has 0 spiro atoms. The van der Waals surface area contributed by atoms with E-state index in [2.05, 4.69) is 5.10 Å². The maximum absolute atomic E-state index is 12.6. The smallest absolute Gasteiger partial charge is 0.325 e. The van der Waals surface area contributed by atoms with Gasteiger partial charge in [0.25, 0.3) is 0 Å². The topological polar surface area (TPSA) is 102 Å². The first-order valence-corrected chi connectivity index (χ1v) is 7.96. The molecule has 2 heterocycles. The summed E-state index contributed by atoms with van der Waals surface area (Å²) in [6.45, 7) is 5.61. The summed E-state index contributed by atoms with van der Waals surface area (Å²) in [7, 11) is -3.70. The third kappa shape index (κ3) is 3.60. The highest BCUT2D eigenvalue weighted by Crippen LogP contribution is 2.26. The number of rotatable bonds is 4. The van der Waals surface area contributed by atoms with Gasteiger partial charge in [-0.3, -0.25) is 9.48 Å². The quantitative estimate of drug-likeness (QED) is 0.848. The van der Waals surface area contributed by atoms with Gasteiger partial charge in [0.05, 0.1) is 17.9 Å². The van der Waals surface area contributed by atoms with Gasteiger partial charge in [0, 0.05) is 19.3 Å². The van der Waals surface area contributed by atoms with Crippen molar-refractivity contribution in [2.24, 2.45) is 0 Å². The average molecular weight is 317 g/mol. The fourth-order valence-corrected chi connectivity index (χ4v) is 4.05. The van der Waals surface area contributed by atoms with Crippen molar-refractivity contribution >= 4 is 16.0 Å². The molecule has 0 saturated carbocycles. The van der Waals surface area contributed by atoms with E-state index in [9.17, 15) is 13.2 Å². The number of hydrogen-bond acceptors (Lipinski definition) is 5. The van der Waals surface area contributed by atoms with Gasteiger partial charge in [0.1, 0.15) is 11.4 Å². The van der Waals surface area contributed by atoms with Crippen molar-refractivity contribution in [2.75, 3.05) is 13.1 Å². The van der Waals surface area contributed by atoms with Crippen LogP contribution in [0, 0.1) is 0 Å². The van der Waals surface area contributed by atoms with Crippen molar-refractivity contribution in [3.63, 3.8) is 0 Å². The lowest BCUT2D eigenvalue weighted by Gasteiger charge is -2.40. The molecule has 21 heavy (non-hydrogen) atoms. The maximum atomic E-state index is 12.6. The van der Waals surface area contributed by atoms with E-state index in [0.29, 0.717) is 0 Å². The summed E-state index contributed by atoms with van der Waals surface area (Å²) in [6.07, 6.45) is 2.19. The number of carboxylic acids is 1. The van der Waals surface area contributed by atoms with Crippen LogP contribution in [-0.4, -0.2) is 58.4 Å². The Balaban J connectivity index is 2.25. The highest BCUT2D eigenvalue weighted by Gasteiger charge is 2.38. The summed E-state index contributed by atoms with van der Waals surface area (Å²) in [5.41, 5.74) is -0.568. The lowest BCUT2D eigenvalue weighted by atomic mass is 10.1. The minimum absolute atomic E-state index is 0.00588. The van der Waals surface area contributed by atoms with Gasteiger partial charge in [0.15, 0.2) is 0 Å². The first-order chi connectivity index (χ1) is 9.60. The van der Waals surface area contributed by atoms with Gasteiger partial charge in [-0.15, -0.1) is 0 Å². The number of sulfonamides is 1. The molecule has 0 amide bonds. The molecule has 1 aliphatic rings. The average Bonchev–Trinajstić information content (AvgIpc) is 2.74. The van der Waals surface area contributed by atoms with Crippen LogP contribution in [0.3, 0.4) is 0 Å². The molecule has 1 aromatic heterocycles. The second kappa shape index (κ2) is 5.39. The predicted molar refractivity (Wildman–Crippen MR) is 73.2 cm³/mol. The number of carboxylic acid groups (broad SMARTS) is 1. The Morgan fingerprint density at radius 2 is 2.24 bits per heavy atom. The molecule has 1 aliphatic heterocycles. The van der Waals surface area contributed by atoms with E-state index in [0.717, 1.165) is 4.68 Å². The zero-order valence-electron chi connectivity index (χ0n) is 12.2. The van der Waals surface area contributed by atoms with E-state index in [1.54, 1.807) is 0 Å². The van der Waals surface area contributed by atoms with Crippen molar-refractivity contribution in [1.29, 1.82) is 0 Å². The number of aromatic nitrogens is 2. The molecule has 1 N–H and O–H groups in total. The predicted octanol–water partition coefficient (Wildman–Crippen LogP) is 0.156. The molecule has 2 rings (SSSR count). The zero-order chi connectivity index (χ0) is 15.8. The molecular weight excluding hydrogens is 298 g/mol. The van der Waals surface area contributed by atoms with Crippen LogP contribution in [0.1, 0.15) is 20.8 Å². The summed E-state index contributed by atoms with van der Waals surface area (Å²) in [5.74, 6) is -1.08. The molecule has 8 nitrogen and oxygen atoms in total. The molecule has 1 unspecified atom stereocenters. The summed E-state index contributed by atoms with van der Waals surface area (Å²) in [5, 5.41) is 12.5. The zero-order valence-corrected chi connectivity index (χ0v) is 13.0. The number of morpholine rings is 1. The Kier molecular flexibility index (Phi) is 4.09. The molecule has 0 aromatic carbocycles. The number of carbonyl (C=O) groups is 1. The van der Waals surface area contributed by atoms with Gasteiger partial charge < -0.3 is 9.84 Å². The van der Waals surface area contributed by atoms with Crippen LogP contribution in [0.25, 0.3) is 0 Å². The minimum Gasteiger partial charge on any atom is -0.480 e. The lowest BCUT2D eigenvalue weighted by Crippen LogP contribution is -2.53. The van der Waals surface area contributed by atoms with E-state index < -0.39 is 21.6 Å². The first kappa shape index (κ1) is 15.9. The Bertz CT molecular complexity index is 637. The van der Waals surface area contributed by atoms with Gasteiger partial charge in [-0.25, -0.2) is 8.42 Å². The van der Waals surface area contributed by atoms with E-state index in [4.69, 9.17) is 9.84 Å². The molecule has 1 aromatic rings. The Labute approximate surface area is 123 Å². The highest BCUT2D eigenvalue weighted by atomic mass is 32.2. The summed E-state index contributed by atoms with van der Waals surface area (Å²) in [4.78, 5) is 10.6. The van der Waals surface area contributed by atoms with Gasteiger partial charge in [-0.1, -0.05) is 0 Å². The van der Waals surface area contributed by atoms with E-state index in [1.807, 2.05) is 20.8 Å². The molecule has 1 fully saturated rings. The number of nitrogens with zero attached hydrogens (tertiary/aromatic N) is 3. The van der Waals surface area contributed by atoms with Gasteiger partial charge >= 0.3 is 5.97 Å². The van der Waals surface area contributed by atoms with Crippen LogP contribution in [-0.2, 0) is 26.1 Å². The molecule has 1 saturated heterocycles. The van der Waals surface area contributed by atoms with Gasteiger partial charge in [0.2, 0.25) is 10.0 Å². The summed E-state index contributed by atoms with van der Waals surface area (Å²) in [6, 6.07) is 0. The normalized spacial score (nSPS) is 23.1. The number of ether oxygens (including phenoxy) is 1. The van der Waals surface area contributed by atoms with Crippen molar-refractivity contribution in [3.05, 3.63) is 12.4 Å². The third-order valence-corrected chi connectivity index (χ3v) is 4.85.